The van der Waals surface area contributed by atoms with E-state index in [9.17, 15) is 19.7 Å². The number of benzene rings is 2. The molecule has 0 aromatic heterocycles. The topological polar surface area (TPSA) is 87.0 Å². The lowest BCUT2D eigenvalue weighted by Crippen LogP contribution is -2.50. The number of nitrogens with zero attached hydrogens (tertiary/aromatic N) is 4. The lowest BCUT2D eigenvalue weighted by Gasteiger charge is -2.37. The molecule has 30 heavy (non-hydrogen) atoms. The fraction of sp³-hybridized carbons (Fsp3) is 0.333. The first kappa shape index (κ1) is 20.2. The summed E-state index contributed by atoms with van der Waals surface area (Å²) in [7, 11) is 0. The van der Waals surface area contributed by atoms with Gasteiger partial charge in [-0.2, -0.15) is 0 Å². The van der Waals surface area contributed by atoms with Gasteiger partial charge >= 0.3 is 0 Å². The van der Waals surface area contributed by atoms with Crippen LogP contribution in [0.5, 0.6) is 0 Å². The van der Waals surface area contributed by atoms with Crippen LogP contribution in [0.4, 0.5) is 17.1 Å². The first-order valence-electron chi connectivity index (χ1n) is 9.77. The summed E-state index contributed by atoms with van der Waals surface area (Å²) < 4.78 is 0. The highest BCUT2D eigenvalue weighted by atomic mass is 35.5. The third kappa shape index (κ3) is 3.95. The molecule has 156 valence electrons. The quantitative estimate of drug-likeness (QED) is 0.552. The van der Waals surface area contributed by atoms with E-state index in [4.69, 9.17) is 11.6 Å². The summed E-state index contributed by atoms with van der Waals surface area (Å²) in [5, 5.41) is 11.3. The average molecular weight is 429 g/mol. The number of rotatable bonds is 4. The number of anilines is 2. The van der Waals surface area contributed by atoms with Gasteiger partial charge in [0.1, 0.15) is 0 Å². The number of hydrogen-bond donors (Lipinski definition) is 0. The van der Waals surface area contributed by atoms with E-state index < -0.39 is 4.92 Å². The molecule has 2 aliphatic heterocycles. The number of para-hydroxylation sites is 1. The molecule has 0 saturated carbocycles. The molecule has 1 atom stereocenters. The van der Waals surface area contributed by atoms with Crippen LogP contribution in [0, 0.1) is 16.0 Å². The lowest BCUT2D eigenvalue weighted by atomic mass is 10.1. The normalized spacial score (nSPS) is 19.3. The van der Waals surface area contributed by atoms with Gasteiger partial charge in [-0.3, -0.25) is 19.7 Å². The molecule has 2 aliphatic rings. The van der Waals surface area contributed by atoms with Crippen molar-refractivity contribution in [2.45, 2.75) is 6.42 Å². The zero-order valence-corrected chi connectivity index (χ0v) is 17.0. The van der Waals surface area contributed by atoms with Crippen molar-refractivity contribution in [1.29, 1.82) is 0 Å². The molecule has 2 heterocycles. The number of carbonyl (C=O) groups excluding carboxylic acids is 2. The number of halogens is 1. The predicted octanol–water partition coefficient (Wildman–Crippen LogP) is 2.95. The summed E-state index contributed by atoms with van der Waals surface area (Å²) in [6.45, 7) is 2.71. The van der Waals surface area contributed by atoms with E-state index in [0.717, 1.165) is 5.69 Å². The SMILES string of the molecule is O=C([C@@H]1CC(=O)N(c2ccccc2Cl)C1)N1CCN(c2ccc([N+](=O)[O-])cc2)CC1. The Balaban J connectivity index is 1.36. The van der Waals surface area contributed by atoms with E-state index in [1.165, 1.54) is 12.1 Å². The van der Waals surface area contributed by atoms with Gasteiger partial charge in [-0.05, 0) is 24.3 Å². The van der Waals surface area contributed by atoms with E-state index in [-0.39, 0.29) is 29.8 Å². The van der Waals surface area contributed by atoms with Crippen molar-refractivity contribution in [3.05, 3.63) is 63.7 Å². The molecular weight excluding hydrogens is 408 g/mol. The molecule has 2 aromatic carbocycles. The van der Waals surface area contributed by atoms with Gasteiger partial charge in [-0.25, -0.2) is 0 Å². The van der Waals surface area contributed by atoms with Crippen LogP contribution in [-0.2, 0) is 9.59 Å². The third-order valence-electron chi connectivity index (χ3n) is 5.63. The van der Waals surface area contributed by atoms with Crippen molar-refractivity contribution in [3.63, 3.8) is 0 Å². The summed E-state index contributed by atoms with van der Waals surface area (Å²) in [6.07, 6.45) is 0.187. The molecule has 2 amide bonds. The van der Waals surface area contributed by atoms with Crippen molar-refractivity contribution in [2.24, 2.45) is 5.92 Å². The molecule has 0 aliphatic carbocycles. The Morgan fingerprint density at radius 3 is 2.33 bits per heavy atom. The van der Waals surface area contributed by atoms with Gasteiger partial charge in [0.2, 0.25) is 11.8 Å². The number of amides is 2. The molecule has 9 heteroatoms. The largest absolute Gasteiger partial charge is 0.368 e. The number of nitro benzene ring substituents is 1. The first-order valence-corrected chi connectivity index (χ1v) is 10.1. The minimum Gasteiger partial charge on any atom is -0.368 e. The molecule has 0 bridgehead atoms. The van der Waals surface area contributed by atoms with Crippen LogP contribution < -0.4 is 9.80 Å². The average Bonchev–Trinajstić information content (AvgIpc) is 3.15. The number of piperazine rings is 1. The van der Waals surface area contributed by atoms with Crippen LogP contribution in [-0.4, -0.2) is 54.4 Å². The van der Waals surface area contributed by atoms with Gasteiger partial charge < -0.3 is 14.7 Å². The molecule has 0 spiro atoms. The monoisotopic (exact) mass is 428 g/mol. The van der Waals surface area contributed by atoms with Crippen molar-refractivity contribution in [3.8, 4) is 0 Å². The highest BCUT2D eigenvalue weighted by molar-refractivity contribution is 6.33. The number of non-ortho nitro benzene ring substituents is 1. The number of nitro groups is 1. The maximum Gasteiger partial charge on any atom is 0.269 e. The smallest absolute Gasteiger partial charge is 0.269 e. The second-order valence-electron chi connectivity index (χ2n) is 7.44. The standard InChI is InChI=1S/C21H21ClN4O4/c22-18-3-1-2-4-19(18)25-14-15(13-20(25)27)21(28)24-11-9-23(10-12-24)16-5-7-17(8-6-16)26(29)30/h1-8,15H,9-14H2/t15-/m1/s1. The van der Waals surface area contributed by atoms with Gasteiger partial charge in [0.15, 0.2) is 0 Å². The van der Waals surface area contributed by atoms with Crippen LogP contribution in [0.15, 0.2) is 48.5 Å². The number of carbonyl (C=O) groups is 2. The maximum atomic E-state index is 13.0. The van der Waals surface area contributed by atoms with Crippen LogP contribution in [0.2, 0.25) is 5.02 Å². The van der Waals surface area contributed by atoms with E-state index in [1.54, 1.807) is 40.1 Å². The molecule has 2 aromatic rings. The molecule has 8 nitrogen and oxygen atoms in total. The lowest BCUT2D eigenvalue weighted by molar-refractivity contribution is -0.384. The second kappa shape index (κ2) is 8.31. The third-order valence-corrected chi connectivity index (χ3v) is 5.95. The Morgan fingerprint density at radius 2 is 1.70 bits per heavy atom. The minimum absolute atomic E-state index is 0.0127. The van der Waals surface area contributed by atoms with Crippen molar-refractivity contribution >= 4 is 40.5 Å². The summed E-state index contributed by atoms with van der Waals surface area (Å²) in [5.74, 6) is -0.480. The molecule has 4 rings (SSSR count). The second-order valence-corrected chi connectivity index (χ2v) is 7.85. The van der Waals surface area contributed by atoms with E-state index in [0.29, 0.717) is 43.4 Å². The van der Waals surface area contributed by atoms with Gasteiger partial charge in [0.05, 0.1) is 21.6 Å². The first-order chi connectivity index (χ1) is 14.4. The van der Waals surface area contributed by atoms with E-state index in [1.807, 2.05) is 6.07 Å². The fourth-order valence-electron chi connectivity index (χ4n) is 4.00. The Morgan fingerprint density at radius 1 is 1.03 bits per heavy atom. The van der Waals surface area contributed by atoms with E-state index in [2.05, 4.69) is 4.90 Å². The Hall–Kier alpha value is -3.13. The molecule has 0 unspecified atom stereocenters. The summed E-state index contributed by atoms with van der Waals surface area (Å²) in [6, 6.07) is 13.6. The van der Waals surface area contributed by atoms with Crippen molar-refractivity contribution in [1.82, 2.24) is 4.90 Å². The fourth-order valence-corrected chi connectivity index (χ4v) is 4.24. The zero-order chi connectivity index (χ0) is 21.3. The van der Waals surface area contributed by atoms with Crippen molar-refractivity contribution in [2.75, 3.05) is 42.5 Å². The summed E-state index contributed by atoms with van der Waals surface area (Å²) >= 11 is 6.21. The van der Waals surface area contributed by atoms with Gasteiger partial charge in [-0.15, -0.1) is 0 Å². The summed E-state index contributed by atoms with van der Waals surface area (Å²) in [5.41, 5.74) is 1.60. The highest BCUT2D eigenvalue weighted by Gasteiger charge is 2.38. The molecule has 0 N–H and O–H groups in total. The highest BCUT2D eigenvalue weighted by Crippen LogP contribution is 2.32. The minimum atomic E-state index is -0.421. The van der Waals surface area contributed by atoms with Gasteiger partial charge in [0.25, 0.3) is 5.69 Å². The van der Waals surface area contributed by atoms with E-state index >= 15 is 0 Å². The molecule has 0 radical (unpaired) electrons. The van der Waals surface area contributed by atoms with Crippen LogP contribution in [0.1, 0.15) is 6.42 Å². The molecule has 2 fully saturated rings. The number of hydrogen-bond acceptors (Lipinski definition) is 5. The Bertz CT molecular complexity index is 973. The predicted molar refractivity (Wildman–Crippen MR) is 114 cm³/mol. The van der Waals surface area contributed by atoms with Gasteiger partial charge in [-0.1, -0.05) is 23.7 Å². The van der Waals surface area contributed by atoms with Crippen molar-refractivity contribution < 1.29 is 14.5 Å². The van der Waals surface area contributed by atoms with Gasteiger partial charge in [0, 0.05) is 57.0 Å². The summed E-state index contributed by atoms with van der Waals surface area (Å²) in [4.78, 5) is 41.3. The maximum absolute atomic E-state index is 13.0. The Labute approximate surface area is 178 Å². The van der Waals surface area contributed by atoms with Crippen LogP contribution in [0.3, 0.4) is 0 Å². The zero-order valence-electron chi connectivity index (χ0n) is 16.2. The van der Waals surface area contributed by atoms with Crippen LogP contribution >= 0.6 is 11.6 Å². The Kier molecular flexibility index (Phi) is 5.59. The van der Waals surface area contributed by atoms with Crippen LogP contribution in [0.25, 0.3) is 0 Å². The molecule has 2 saturated heterocycles. The molecular formula is C21H21ClN4O4.